The van der Waals surface area contributed by atoms with Gasteiger partial charge < -0.3 is 10.2 Å². The lowest BCUT2D eigenvalue weighted by Gasteiger charge is -2.35. The van der Waals surface area contributed by atoms with Gasteiger partial charge in [0, 0.05) is 24.5 Å². The van der Waals surface area contributed by atoms with Crippen LogP contribution in [0.5, 0.6) is 0 Å². The Balaban J connectivity index is 1.40. The van der Waals surface area contributed by atoms with Crippen LogP contribution >= 0.6 is 0 Å². The van der Waals surface area contributed by atoms with Gasteiger partial charge in [-0.25, -0.2) is 0 Å². The Morgan fingerprint density at radius 3 is 2.87 bits per heavy atom. The topological polar surface area (TPSA) is 61.0 Å². The highest BCUT2D eigenvalue weighted by Gasteiger charge is 2.40. The minimum absolute atomic E-state index is 0.109. The van der Waals surface area contributed by atoms with Crippen LogP contribution in [0.1, 0.15) is 31.2 Å². The normalized spacial score (nSPS) is 27.5. The molecule has 2 N–H and O–H groups in total. The zero-order chi connectivity index (χ0) is 16.0. The number of benzene rings is 1. The summed E-state index contributed by atoms with van der Waals surface area (Å²) >= 11 is 0. The fourth-order valence-electron chi connectivity index (χ4n) is 4.10. The SMILES string of the molecule is CN1[C@H]2CC[C@H]1CC(C(=O)NCc1ccc3n[nH]c(F)c3c1)C2. The number of piperidine rings is 1. The molecule has 0 aliphatic carbocycles. The van der Waals surface area contributed by atoms with Gasteiger partial charge in [-0.05, 0) is 50.4 Å². The number of hydrogen-bond acceptors (Lipinski definition) is 3. The van der Waals surface area contributed by atoms with Crippen molar-refractivity contribution in [3.05, 3.63) is 29.7 Å². The molecule has 2 atom stereocenters. The molecule has 2 fully saturated rings. The van der Waals surface area contributed by atoms with Gasteiger partial charge in [0.2, 0.25) is 11.9 Å². The number of aromatic nitrogens is 2. The van der Waals surface area contributed by atoms with Crippen LogP contribution in [-0.2, 0) is 11.3 Å². The molecule has 1 aromatic carbocycles. The maximum Gasteiger partial charge on any atom is 0.223 e. The van der Waals surface area contributed by atoms with Crippen LogP contribution in [0.2, 0.25) is 0 Å². The number of H-pyrrole nitrogens is 1. The Kier molecular flexibility index (Phi) is 3.56. The summed E-state index contributed by atoms with van der Waals surface area (Å²) in [5.41, 5.74) is 1.49. The number of carbonyl (C=O) groups excluding carboxylic acids is 1. The summed E-state index contributed by atoms with van der Waals surface area (Å²) in [6.45, 7) is 0.432. The number of fused-ring (bicyclic) bond motifs is 3. The molecule has 1 amide bonds. The number of nitrogens with one attached hydrogen (secondary N) is 2. The number of aromatic amines is 1. The summed E-state index contributed by atoms with van der Waals surface area (Å²) in [4.78, 5) is 14.9. The monoisotopic (exact) mass is 316 g/mol. The minimum atomic E-state index is -0.430. The minimum Gasteiger partial charge on any atom is -0.352 e. The van der Waals surface area contributed by atoms with Crippen molar-refractivity contribution in [2.75, 3.05) is 7.05 Å². The molecular weight excluding hydrogens is 295 g/mol. The van der Waals surface area contributed by atoms with Crippen molar-refractivity contribution in [1.29, 1.82) is 0 Å². The molecule has 2 aliphatic heterocycles. The molecule has 6 heteroatoms. The van der Waals surface area contributed by atoms with Crippen molar-refractivity contribution >= 4 is 16.8 Å². The summed E-state index contributed by atoms with van der Waals surface area (Å²) < 4.78 is 13.5. The first-order valence-electron chi connectivity index (χ1n) is 8.24. The van der Waals surface area contributed by atoms with Crippen LogP contribution in [-0.4, -0.2) is 40.1 Å². The van der Waals surface area contributed by atoms with Gasteiger partial charge in [0.15, 0.2) is 0 Å². The molecule has 122 valence electrons. The number of hydrogen-bond donors (Lipinski definition) is 2. The largest absolute Gasteiger partial charge is 0.352 e. The number of rotatable bonds is 3. The number of carbonyl (C=O) groups is 1. The van der Waals surface area contributed by atoms with Crippen molar-refractivity contribution in [2.45, 2.75) is 44.3 Å². The van der Waals surface area contributed by atoms with Gasteiger partial charge in [-0.1, -0.05) is 6.07 Å². The fourth-order valence-corrected chi connectivity index (χ4v) is 4.10. The van der Waals surface area contributed by atoms with Gasteiger partial charge in [-0.2, -0.15) is 9.49 Å². The maximum atomic E-state index is 13.5. The molecule has 0 saturated carbocycles. The summed E-state index contributed by atoms with van der Waals surface area (Å²) in [5, 5.41) is 9.68. The van der Waals surface area contributed by atoms with Crippen LogP contribution in [0.25, 0.3) is 10.9 Å². The van der Waals surface area contributed by atoms with E-state index in [4.69, 9.17) is 0 Å². The first kappa shape index (κ1) is 14.6. The predicted molar refractivity (Wildman–Crippen MR) is 85.2 cm³/mol. The highest BCUT2D eigenvalue weighted by Crippen LogP contribution is 2.37. The van der Waals surface area contributed by atoms with Gasteiger partial charge in [0.05, 0.1) is 10.9 Å². The molecule has 0 radical (unpaired) electrons. The molecule has 2 aliphatic rings. The average molecular weight is 316 g/mol. The zero-order valence-corrected chi connectivity index (χ0v) is 13.2. The number of halogens is 1. The first-order valence-corrected chi connectivity index (χ1v) is 8.24. The molecule has 2 saturated heterocycles. The van der Waals surface area contributed by atoms with Gasteiger partial charge >= 0.3 is 0 Å². The van der Waals surface area contributed by atoms with E-state index in [1.54, 1.807) is 12.1 Å². The van der Waals surface area contributed by atoms with Gasteiger partial charge in [-0.3, -0.25) is 9.89 Å². The van der Waals surface area contributed by atoms with Crippen LogP contribution < -0.4 is 5.32 Å². The lowest BCUT2D eigenvalue weighted by Crippen LogP contribution is -2.44. The first-order chi connectivity index (χ1) is 11.1. The predicted octanol–water partition coefficient (Wildman–Crippen LogP) is 2.19. The summed E-state index contributed by atoms with van der Waals surface area (Å²) in [6, 6.07) is 6.50. The van der Waals surface area contributed by atoms with E-state index in [9.17, 15) is 9.18 Å². The summed E-state index contributed by atoms with van der Waals surface area (Å²) in [5.74, 6) is -0.194. The Morgan fingerprint density at radius 2 is 2.13 bits per heavy atom. The molecule has 2 aromatic rings. The van der Waals surface area contributed by atoms with E-state index in [1.807, 2.05) is 6.07 Å². The van der Waals surface area contributed by atoms with Crippen LogP contribution in [0.3, 0.4) is 0 Å². The van der Waals surface area contributed by atoms with E-state index in [1.165, 1.54) is 12.8 Å². The third-order valence-corrected chi connectivity index (χ3v) is 5.51. The fraction of sp³-hybridized carbons (Fsp3) is 0.529. The van der Waals surface area contributed by atoms with E-state index in [2.05, 4.69) is 27.5 Å². The zero-order valence-electron chi connectivity index (χ0n) is 13.2. The van der Waals surface area contributed by atoms with Crippen molar-refractivity contribution in [3.63, 3.8) is 0 Å². The Morgan fingerprint density at radius 1 is 1.39 bits per heavy atom. The number of nitrogens with zero attached hydrogens (tertiary/aromatic N) is 2. The second-order valence-corrected chi connectivity index (χ2v) is 6.83. The molecule has 23 heavy (non-hydrogen) atoms. The highest BCUT2D eigenvalue weighted by atomic mass is 19.1. The van der Waals surface area contributed by atoms with Crippen molar-refractivity contribution in [3.8, 4) is 0 Å². The van der Waals surface area contributed by atoms with E-state index in [0.29, 0.717) is 29.5 Å². The molecule has 2 bridgehead atoms. The average Bonchev–Trinajstić information content (AvgIpc) is 2.99. The molecule has 1 aromatic heterocycles. The highest BCUT2D eigenvalue weighted by molar-refractivity contribution is 5.80. The molecular formula is C17H21FN4O. The van der Waals surface area contributed by atoms with E-state index in [-0.39, 0.29) is 11.8 Å². The lowest BCUT2D eigenvalue weighted by molar-refractivity contribution is -0.127. The summed E-state index contributed by atoms with van der Waals surface area (Å²) in [7, 11) is 2.17. The molecule has 5 nitrogen and oxygen atoms in total. The van der Waals surface area contributed by atoms with Crippen molar-refractivity contribution in [2.24, 2.45) is 5.92 Å². The van der Waals surface area contributed by atoms with Crippen molar-refractivity contribution < 1.29 is 9.18 Å². The molecule has 0 spiro atoms. The Bertz CT molecular complexity index is 729. The molecule has 0 unspecified atom stereocenters. The second-order valence-electron chi connectivity index (χ2n) is 6.83. The Labute approximate surface area is 134 Å². The van der Waals surface area contributed by atoms with Crippen molar-refractivity contribution in [1.82, 2.24) is 20.4 Å². The van der Waals surface area contributed by atoms with Gasteiger partial charge in [-0.15, -0.1) is 0 Å². The maximum absolute atomic E-state index is 13.5. The Hall–Kier alpha value is -1.95. The van der Waals surface area contributed by atoms with Gasteiger partial charge in [0.25, 0.3) is 0 Å². The van der Waals surface area contributed by atoms with E-state index >= 15 is 0 Å². The van der Waals surface area contributed by atoms with E-state index in [0.717, 1.165) is 18.4 Å². The van der Waals surface area contributed by atoms with Crippen LogP contribution in [0.4, 0.5) is 4.39 Å². The third kappa shape index (κ3) is 2.61. The molecule has 4 rings (SSSR count). The third-order valence-electron chi connectivity index (χ3n) is 5.51. The molecule has 3 heterocycles. The standard InChI is InChI=1S/C17H21FN4O/c1-22-12-3-4-13(22)8-11(7-12)17(23)19-9-10-2-5-15-14(6-10)16(18)21-20-15/h2,5-6,11-13H,3-4,7-9H2,1H3,(H,19,23)(H,20,21)/t12-,13-/m0/s1. The van der Waals surface area contributed by atoms with Crippen LogP contribution in [0, 0.1) is 11.9 Å². The summed E-state index contributed by atoms with van der Waals surface area (Å²) in [6.07, 6.45) is 4.32. The number of amides is 1. The lowest BCUT2D eigenvalue weighted by atomic mass is 9.90. The second kappa shape index (κ2) is 5.60. The smallest absolute Gasteiger partial charge is 0.223 e. The quantitative estimate of drug-likeness (QED) is 0.912. The van der Waals surface area contributed by atoms with Crippen LogP contribution in [0.15, 0.2) is 18.2 Å². The van der Waals surface area contributed by atoms with E-state index < -0.39 is 5.95 Å². The van der Waals surface area contributed by atoms with Gasteiger partial charge in [0.1, 0.15) is 0 Å².